The summed E-state index contributed by atoms with van der Waals surface area (Å²) >= 11 is 0. The molecule has 1 atom stereocenters. The number of nitrogens with zero attached hydrogens (tertiary/aromatic N) is 2. The highest BCUT2D eigenvalue weighted by Crippen LogP contribution is 2.44. The molecule has 2 aromatic rings. The minimum absolute atomic E-state index is 0.0501. The molecule has 0 spiro atoms. The van der Waals surface area contributed by atoms with Crippen LogP contribution in [0.2, 0.25) is 0 Å². The molecule has 1 aromatic carbocycles. The molecule has 0 bridgehead atoms. The molecule has 1 aromatic heterocycles. The van der Waals surface area contributed by atoms with Crippen LogP contribution in [0, 0.1) is 0 Å². The van der Waals surface area contributed by atoms with Gasteiger partial charge in [0.15, 0.2) is 5.54 Å². The van der Waals surface area contributed by atoms with E-state index in [0.29, 0.717) is 6.54 Å². The summed E-state index contributed by atoms with van der Waals surface area (Å²) in [6.45, 7) is 2.70. The standard InChI is InChI=1S/C19H21N3O3/c1-19-17-13(14-9-12(25-2)5-6-15(14)20-17)7-8-22(19)16(23)10-21(18(19)24)11-3-4-11/h5-6,9,11,20H,3-4,7-8,10H2,1-2H3. The second kappa shape index (κ2) is 4.77. The van der Waals surface area contributed by atoms with Gasteiger partial charge < -0.3 is 19.5 Å². The van der Waals surface area contributed by atoms with Crippen molar-refractivity contribution in [1.29, 1.82) is 0 Å². The number of aromatic nitrogens is 1. The number of hydrogen-bond donors (Lipinski definition) is 1. The largest absolute Gasteiger partial charge is 0.497 e. The van der Waals surface area contributed by atoms with Crippen molar-refractivity contribution in [2.24, 2.45) is 0 Å². The van der Waals surface area contributed by atoms with Gasteiger partial charge in [-0.25, -0.2) is 0 Å². The zero-order valence-electron chi connectivity index (χ0n) is 14.5. The molecule has 1 saturated carbocycles. The molecule has 25 heavy (non-hydrogen) atoms. The number of hydrogen-bond acceptors (Lipinski definition) is 3. The first-order valence-corrected chi connectivity index (χ1v) is 8.84. The highest BCUT2D eigenvalue weighted by atomic mass is 16.5. The molecule has 2 fully saturated rings. The van der Waals surface area contributed by atoms with Gasteiger partial charge in [-0.15, -0.1) is 0 Å². The van der Waals surface area contributed by atoms with E-state index in [1.807, 2.05) is 25.1 Å². The summed E-state index contributed by atoms with van der Waals surface area (Å²) in [4.78, 5) is 33.1. The van der Waals surface area contributed by atoms with Gasteiger partial charge in [-0.05, 0) is 49.9 Å². The molecule has 3 aliphatic rings. The van der Waals surface area contributed by atoms with Crippen LogP contribution in [0.3, 0.4) is 0 Å². The number of ether oxygens (including phenoxy) is 1. The van der Waals surface area contributed by atoms with Crippen molar-refractivity contribution in [2.45, 2.75) is 37.8 Å². The van der Waals surface area contributed by atoms with E-state index >= 15 is 0 Å². The minimum Gasteiger partial charge on any atom is -0.497 e. The summed E-state index contributed by atoms with van der Waals surface area (Å²) < 4.78 is 5.36. The number of aromatic amines is 1. The molecule has 2 amide bonds. The van der Waals surface area contributed by atoms with E-state index in [9.17, 15) is 9.59 Å². The van der Waals surface area contributed by atoms with E-state index in [1.165, 1.54) is 0 Å². The van der Waals surface area contributed by atoms with E-state index in [4.69, 9.17) is 4.74 Å². The third-order valence-corrected chi connectivity index (χ3v) is 6.00. The fourth-order valence-electron chi connectivity index (χ4n) is 4.47. The van der Waals surface area contributed by atoms with Crippen molar-refractivity contribution in [3.63, 3.8) is 0 Å². The predicted molar refractivity (Wildman–Crippen MR) is 92.4 cm³/mol. The molecule has 3 heterocycles. The van der Waals surface area contributed by atoms with Gasteiger partial charge in [-0.3, -0.25) is 9.59 Å². The molecule has 6 nitrogen and oxygen atoms in total. The molecule has 0 radical (unpaired) electrons. The second-order valence-electron chi connectivity index (χ2n) is 7.42. The number of carbonyl (C=O) groups excluding carboxylic acids is 2. The molecule has 1 saturated heterocycles. The number of amides is 2. The van der Waals surface area contributed by atoms with Crippen LogP contribution in [-0.4, -0.2) is 52.8 Å². The summed E-state index contributed by atoms with van der Waals surface area (Å²) in [5.74, 6) is 0.900. The van der Waals surface area contributed by atoms with E-state index < -0.39 is 5.54 Å². The molecule has 5 rings (SSSR count). The van der Waals surface area contributed by atoms with Crippen molar-refractivity contribution >= 4 is 22.7 Å². The number of benzene rings is 1. The summed E-state index contributed by atoms with van der Waals surface area (Å²) in [5, 5.41) is 1.08. The lowest BCUT2D eigenvalue weighted by Gasteiger charge is -2.49. The Balaban J connectivity index is 1.70. The number of piperazine rings is 1. The Morgan fingerprint density at radius 2 is 2.08 bits per heavy atom. The molecule has 6 heteroatoms. The normalized spacial score (nSPS) is 26.0. The Bertz CT molecular complexity index is 914. The van der Waals surface area contributed by atoms with Gasteiger partial charge >= 0.3 is 0 Å². The summed E-state index contributed by atoms with van der Waals surface area (Å²) in [6, 6.07) is 6.14. The zero-order chi connectivity index (χ0) is 17.3. The average Bonchev–Trinajstić information content (AvgIpc) is 3.38. The lowest BCUT2D eigenvalue weighted by atomic mass is 9.83. The molecular weight excluding hydrogens is 318 g/mol. The molecule has 2 aliphatic heterocycles. The Labute approximate surface area is 145 Å². The highest BCUT2D eigenvalue weighted by molar-refractivity contribution is 6.01. The van der Waals surface area contributed by atoms with Crippen LogP contribution in [0.25, 0.3) is 10.9 Å². The van der Waals surface area contributed by atoms with Crippen LogP contribution in [0.4, 0.5) is 0 Å². The van der Waals surface area contributed by atoms with Gasteiger partial charge in [0, 0.05) is 23.5 Å². The van der Waals surface area contributed by atoms with Crippen LogP contribution in [0.5, 0.6) is 5.75 Å². The van der Waals surface area contributed by atoms with Crippen molar-refractivity contribution in [2.75, 3.05) is 20.2 Å². The topological polar surface area (TPSA) is 65.6 Å². The Kier molecular flexibility index (Phi) is 2.83. The fraction of sp³-hybridized carbons (Fsp3) is 0.474. The lowest BCUT2D eigenvalue weighted by Crippen LogP contribution is -2.67. The fourth-order valence-corrected chi connectivity index (χ4v) is 4.47. The first-order chi connectivity index (χ1) is 12.0. The quantitative estimate of drug-likeness (QED) is 0.907. The van der Waals surface area contributed by atoms with Crippen LogP contribution in [0.15, 0.2) is 18.2 Å². The first kappa shape index (κ1) is 14.8. The lowest BCUT2D eigenvalue weighted by molar-refractivity contribution is -0.166. The molecule has 1 unspecified atom stereocenters. The summed E-state index contributed by atoms with van der Waals surface area (Å²) in [5.41, 5.74) is 2.05. The van der Waals surface area contributed by atoms with E-state index in [2.05, 4.69) is 4.98 Å². The minimum atomic E-state index is -0.933. The Hall–Kier alpha value is -2.50. The van der Waals surface area contributed by atoms with Crippen molar-refractivity contribution in [3.8, 4) is 5.75 Å². The van der Waals surface area contributed by atoms with Gasteiger partial charge in [-0.1, -0.05) is 0 Å². The van der Waals surface area contributed by atoms with Crippen LogP contribution < -0.4 is 4.74 Å². The van der Waals surface area contributed by atoms with Crippen molar-refractivity contribution in [3.05, 3.63) is 29.5 Å². The number of carbonyl (C=O) groups is 2. The average molecular weight is 339 g/mol. The van der Waals surface area contributed by atoms with E-state index in [1.54, 1.807) is 16.9 Å². The van der Waals surface area contributed by atoms with Crippen LogP contribution in [-0.2, 0) is 21.5 Å². The molecule has 130 valence electrons. The van der Waals surface area contributed by atoms with Crippen LogP contribution in [0.1, 0.15) is 31.0 Å². The number of fused-ring (bicyclic) bond motifs is 5. The maximum absolute atomic E-state index is 13.4. The van der Waals surface area contributed by atoms with E-state index in [0.717, 1.165) is 47.2 Å². The number of rotatable bonds is 2. The van der Waals surface area contributed by atoms with Gasteiger partial charge in [0.1, 0.15) is 12.3 Å². The Morgan fingerprint density at radius 1 is 1.28 bits per heavy atom. The number of H-pyrrole nitrogens is 1. The highest BCUT2D eigenvalue weighted by Gasteiger charge is 2.56. The van der Waals surface area contributed by atoms with Crippen LogP contribution >= 0.6 is 0 Å². The number of nitrogens with one attached hydrogen (secondary N) is 1. The first-order valence-electron chi connectivity index (χ1n) is 8.84. The smallest absolute Gasteiger partial charge is 0.255 e. The van der Waals surface area contributed by atoms with Gasteiger partial charge in [0.2, 0.25) is 5.91 Å². The molecule has 1 N–H and O–H groups in total. The van der Waals surface area contributed by atoms with Gasteiger partial charge in [0.05, 0.1) is 12.8 Å². The van der Waals surface area contributed by atoms with Gasteiger partial charge in [0.25, 0.3) is 5.91 Å². The molecular formula is C19H21N3O3. The third-order valence-electron chi connectivity index (χ3n) is 6.00. The summed E-state index contributed by atoms with van der Waals surface area (Å²) in [6.07, 6.45) is 2.76. The zero-order valence-corrected chi connectivity index (χ0v) is 14.5. The second-order valence-corrected chi connectivity index (χ2v) is 7.42. The maximum Gasteiger partial charge on any atom is 0.255 e. The van der Waals surface area contributed by atoms with Crippen molar-refractivity contribution < 1.29 is 14.3 Å². The predicted octanol–water partition coefficient (Wildman–Crippen LogP) is 1.78. The van der Waals surface area contributed by atoms with Crippen molar-refractivity contribution in [1.82, 2.24) is 14.8 Å². The number of methoxy groups -OCH3 is 1. The van der Waals surface area contributed by atoms with Gasteiger partial charge in [-0.2, -0.15) is 0 Å². The third kappa shape index (κ3) is 1.85. The summed E-state index contributed by atoms with van der Waals surface area (Å²) in [7, 11) is 1.65. The monoisotopic (exact) mass is 339 g/mol. The molecule has 1 aliphatic carbocycles. The SMILES string of the molecule is COc1ccc2[nH]c3c(c2c1)CCN1C(=O)CN(C2CC2)C(=O)C31C. The Morgan fingerprint density at radius 3 is 2.80 bits per heavy atom. The van der Waals surface area contributed by atoms with E-state index in [-0.39, 0.29) is 24.4 Å². The maximum atomic E-state index is 13.4.